The molecule has 3 nitrogen and oxygen atoms in total. The lowest BCUT2D eigenvalue weighted by atomic mass is 9.92. The number of rotatable bonds is 3. The minimum atomic E-state index is -0.423. The van der Waals surface area contributed by atoms with E-state index < -0.39 is 5.82 Å². The van der Waals surface area contributed by atoms with Crippen molar-refractivity contribution in [2.45, 2.75) is 20.3 Å². The highest BCUT2D eigenvalue weighted by Crippen LogP contribution is 2.22. The van der Waals surface area contributed by atoms with E-state index >= 15 is 0 Å². The molecule has 0 bridgehead atoms. The van der Waals surface area contributed by atoms with E-state index in [9.17, 15) is 9.18 Å². The van der Waals surface area contributed by atoms with Gasteiger partial charge in [0.1, 0.15) is 5.82 Å². The lowest BCUT2D eigenvalue weighted by Gasteiger charge is -2.34. The number of nitrogens with one attached hydrogen (secondary N) is 1. The van der Waals surface area contributed by atoms with Crippen LogP contribution in [-0.4, -0.2) is 30.4 Å². The minimum absolute atomic E-state index is 0.160. The van der Waals surface area contributed by atoms with Crippen LogP contribution in [0.4, 0.5) is 10.1 Å². The molecule has 2 atom stereocenters. The number of likely N-dealkylation sites (tertiary alicyclic amines) is 1. The summed E-state index contributed by atoms with van der Waals surface area (Å²) in [6, 6.07) is 4.63. The second-order valence-corrected chi connectivity index (χ2v) is 6.73. The largest absolute Gasteiger partial charge is 0.322 e. The van der Waals surface area contributed by atoms with Crippen molar-refractivity contribution < 1.29 is 9.18 Å². The van der Waals surface area contributed by atoms with Crippen molar-refractivity contribution in [2.24, 2.45) is 11.8 Å². The van der Waals surface area contributed by atoms with Gasteiger partial charge in [0.05, 0.1) is 12.2 Å². The Morgan fingerprint density at radius 3 is 2.65 bits per heavy atom. The summed E-state index contributed by atoms with van der Waals surface area (Å²) in [4.78, 5) is 14.1. The lowest BCUT2D eigenvalue weighted by molar-refractivity contribution is -0.117. The fourth-order valence-corrected chi connectivity index (χ4v) is 3.24. The number of hydrogen-bond acceptors (Lipinski definition) is 2. The lowest BCUT2D eigenvalue weighted by Crippen LogP contribution is -2.42. The van der Waals surface area contributed by atoms with E-state index in [1.54, 1.807) is 12.1 Å². The highest BCUT2D eigenvalue weighted by Gasteiger charge is 2.23. The maximum Gasteiger partial charge on any atom is 0.238 e. The summed E-state index contributed by atoms with van der Waals surface area (Å²) in [7, 11) is 0. The molecule has 0 radical (unpaired) electrons. The van der Waals surface area contributed by atoms with E-state index in [2.05, 4.69) is 40.0 Å². The van der Waals surface area contributed by atoms with Crippen LogP contribution in [-0.2, 0) is 4.79 Å². The number of carbonyl (C=O) groups is 1. The zero-order valence-electron chi connectivity index (χ0n) is 11.8. The van der Waals surface area contributed by atoms with Crippen LogP contribution in [0.15, 0.2) is 22.7 Å². The number of carbonyl (C=O) groups excluding carboxylic acids is 1. The summed E-state index contributed by atoms with van der Waals surface area (Å²) in [6.07, 6.45) is 1.21. The minimum Gasteiger partial charge on any atom is -0.322 e. The van der Waals surface area contributed by atoms with E-state index in [-0.39, 0.29) is 11.6 Å². The van der Waals surface area contributed by atoms with Crippen LogP contribution >= 0.6 is 15.9 Å². The SMILES string of the molecule is C[C@@H]1C[C@@H](C)CN(CC(=O)Nc2ccc(Br)cc2F)C1. The van der Waals surface area contributed by atoms with Gasteiger partial charge < -0.3 is 5.32 Å². The van der Waals surface area contributed by atoms with Crippen LogP contribution in [0.5, 0.6) is 0 Å². The first kappa shape index (κ1) is 15.4. The smallest absolute Gasteiger partial charge is 0.238 e. The summed E-state index contributed by atoms with van der Waals surface area (Å²) < 4.78 is 14.3. The Morgan fingerprint density at radius 1 is 1.40 bits per heavy atom. The third-order valence-corrected chi connectivity index (χ3v) is 4.01. The molecule has 1 fully saturated rings. The molecule has 1 aromatic carbocycles. The van der Waals surface area contributed by atoms with Gasteiger partial charge in [-0.2, -0.15) is 0 Å². The predicted molar refractivity (Wildman–Crippen MR) is 82.1 cm³/mol. The van der Waals surface area contributed by atoms with Crippen molar-refractivity contribution in [2.75, 3.05) is 25.0 Å². The molecule has 1 aliphatic rings. The quantitative estimate of drug-likeness (QED) is 0.911. The molecule has 1 amide bonds. The Kier molecular flexibility index (Phi) is 5.16. The number of nitrogens with zero attached hydrogens (tertiary/aromatic N) is 1. The van der Waals surface area contributed by atoms with Gasteiger partial charge in [-0.15, -0.1) is 0 Å². The summed E-state index contributed by atoms with van der Waals surface area (Å²) in [5.74, 6) is 0.632. The summed E-state index contributed by atoms with van der Waals surface area (Å²) in [5, 5.41) is 2.64. The zero-order chi connectivity index (χ0) is 14.7. The van der Waals surface area contributed by atoms with Gasteiger partial charge in [-0.3, -0.25) is 9.69 Å². The van der Waals surface area contributed by atoms with E-state index in [0.717, 1.165) is 13.1 Å². The monoisotopic (exact) mass is 342 g/mol. The van der Waals surface area contributed by atoms with Gasteiger partial charge in [0, 0.05) is 17.6 Å². The number of anilines is 1. The first-order chi connectivity index (χ1) is 9.44. The van der Waals surface area contributed by atoms with Crippen molar-refractivity contribution in [3.05, 3.63) is 28.5 Å². The third kappa shape index (κ3) is 4.28. The molecular formula is C15H20BrFN2O. The van der Waals surface area contributed by atoms with Crippen molar-refractivity contribution in [1.29, 1.82) is 0 Å². The summed E-state index contributed by atoms with van der Waals surface area (Å²) in [6.45, 7) is 6.59. The second-order valence-electron chi connectivity index (χ2n) is 5.81. The standard InChI is InChI=1S/C15H20BrFN2O/c1-10-5-11(2)8-19(7-10)9-15(20)18-14-4-3-12(16)6-13(14)17/h3-4,6,10-11H,5,7-9H2,1-2H3,(H,18,20)/t10-,11-/m1/s1. The Labute approximate surface area is 127 Å². The molecule has 0 spiro atoms. The second kappa shape index (κ2) is 6.68. The normalized spacial score (nSPS) is 23.6. The van der Waals surface area contributed by atoms with Gasteiger partial charge in [-0.05, 0) is 36.5 Å². The average molecular weight is 343 g/mol. The van der Waals surface area contributed by atoms with Crippen LogP contribution in [0.2, 0.25) is 0 Å². The summed E-state index contributed by atoms with van der Waals surface area (Å²) in [5.41, 5.74) is 0.233. The van der Waals surface area contributed by atoms with Crippen LogP contribution in [0.3, 0.4) is 0 Å². The van der Waals surface area contributed by atoms with Crippen molar-refractivity contribution in [3.63, 3.8) is 0 Å². The van der Waals surface area contributed by atoms with Crippen LogP contribution in [0.25, 0.3) is 0 Å². The first-order valence-electron chi connectivity index (χ1n) is 6.91. The number of piperidine rings is 1. The molecule has 1 aliphatic heterocycles. The molecule has 1 saturated heterocycles. The van der Waals surface area contributed by atoms with Crippen molar-refractivity contribution >= 4 is 27.5 Å². The fraction of sp³-hybridized carbons (Fsp3) is 0.533. The number of amides is 1. The molecule has 0 aliphatic carbocycles. The molecule has 5 heteroatoms. The van der Waals surface area contributed by atoms with Crippen LogP contribution < -0.4 is 5.32 Å². The third-order valence-electron chi connectivity index (χ3n) is 3.52. The van der Waals surface area contributed by atoms with Crippen molar-refractivity contribution in [1.82, 2.24) is 4.90 Å². The molecule has 110 valence electrons. The van der Waals surface area contributed by atoms with Crippen LogP contribution in [0, 0.1) is 17.7 Å². The van der Waals surface area contributed by atoms with E-state index in [0.29, 0.717) is 22.9 Å². The maximum atomic E-state index is 13.7. The number of benzene rings is 1. The first-order valence-corrected chi connectivity index (χ1v) is 7.70. The predicted octanol–water partition coefficient (Wildman–Crippen LogP) is 3.50. The Hall–Kier alpha value is -0.940. The van der Waals surface area contributed by atoms with Crippen LogP contribution in [0.1, 0.15) is 20.3 Å². The highest BCUT2D eigenvalue weighted by atomic mass is 79.9. The topological polar surface area (TPSA) is 32.3 Å². The molecule has 0 saturated carbocycles. The number of hydrogen-bond donors (Lipinski definition) is 1. The van der Waals surface area contributed by atoms with Gasteiger partial charge in [-0.1, -0.05) is 29.8 Å². The molecule has 2 rings (SSSR count). The van der Waals surface area contributed by atoms with Crippen molar-refractivity contribution in [3.8, 4) is 0 Å². The molecule has 0 unspecified atom stereocenters. The molecular weight excluding hydrogens is 323 g/mol. The molecule has 1 N–H and O–H groups in total. The highest BCUT2D eigenvalue weighted by molar-refractivity contribution is 9.10. The van der Waals surface area contributed by atoms with Gasteiger partial charge in [0.25, 0.3) is 0 Å². The van der Waals surface area contributed by atoms with Gasteiger partial charge in [-0.25, -0.2) is 4.39 Å². The molecule has 0 aromatic heterocycles. The number of halogens is 2. The van der Waals surface area contributed by atoms with Gasteiger partial charge in [0.2, 0.25) is 5.91 Å². The molecule has 20 heavy (non-hydrogen) atoms. The van der Waals surface area contributed by atoms with E-state index in [1.165, 1.54) is 12.5 Å². The Bertz CT molecular complexity index is 485. The average Bonchev–Trinajstić information content (AvgIpc) is 2.31. The van der Waals surface area contributed by atoms with Gasteiger partial charge in [0.15, 0.2) is 0 Å². The maximum absolute atomic E-state index is 13.7. The molecule has 1 heterocycles. The fourth-order valence-electron chi connectivity index (χ4n) is 2.90. The van der Waals surface area contributed by atoms with Gasteiger partial charge >= 0.3 is 0 Å². The molecule has 1 aromatic rings. The zero-order valence-corrected chi connectivity index (χ0v) is 13.4. The Balaban J connectivity index is 1.92. The Morgan fingerprint density at radius 2 is 2.05 bits per heavy atom. The van der Waals surface area contributed by atoms with E-state index in [4.69, 9.17) is 0 Å². The summed E-state index contributed by atoms with van der Waals surface area (Å²) >= 11 is 3.19. The van der Waals surface area contributed by atoms with E-state index in [1.807, 2.05) is 0 Å².